The van der Waals surface area contributed by atoms with E-state index < -0.39 is 0 Å². The van der Waals surface area contributed by atoms with Crippen LogP contribution in [-0.2, 0) is 0 Å². The summed E-state index contributed by atoms with van der Waals surface area (Å²) in [6.45, 7) is 0. The molecule has 0 unspecified atom stereocenters. The molecule has 62 valence electrons. The maximum absolute atomic E-state index is 5.36. The summed E-state index contributed by atoms with van der Waals surface area (Å²) in [6.07, 6.45) is 0. The Morgan fingerprint density at radius 3 is 1.64 bits per heavy atom. The molecule has 11 heavy (non-hydrogen) atoms. The molecule has 0 aliphatic heterocycles. The highest BCUT2D eigenvalue weighted by Gasteiger charge is 1.72. The summed E-state index contributed by atoms with van der Waals surface area (Å²) >= 11 is 7.69. The molecule has 0 heterocycles. The topological polar surface area (TPSA) is 26.0 Å². The van der Waals surface area contributed by atoms with Crippen molar-refractivity contribution in [1.29, 1.82) is 0 Å². The van der Waals surface area contributed by atoms with Crippen molar-refractivity contribution < 1.29 is 0 Å². The van der Waals surface area contributed by atoms with E-state index in [0.29, 0.717) is 0 Å². The van der Waals surface area contributed by atoms with Crippen LogP contribution in [0.2, 0.25) is 0 Å². The fourth-order valence-electron chi connectivity index (χ4n) is 0.453. The molecule has 0 atom stereocenters. The first-order valence-corrected chi connectivity index (χ1v) is 4.60. The zero-order valence-electron chi connectivity index (χ0n) is 6.27. The van der Waals surface area contributed by atoms with Crippen LogP contribution in [0, 0.1) is 0 Å². The standard InChI is InChI=1S/C6H7N.C2H6S2/c7-6-4-2-1-3-5-6;3-1-2-4/h1-5H,7H2;3-4H,1-2H2. The average Bonchev–Trinajstić information content (AvgIpc) is 2.07. The van der Waals surface area contributed by atoms with E-state index in [4.69, 9.17) is 5.73 Å². The predicted octanol–water partition coefficient (Wildman–Crippen LogP) is 2.11. The lowest BCUT2D eigenvalue weighted by molar-refractivity contribution is 1.59. The van der Waals surface area contributed by atoms with Crippen LogP contribution in [0.25, 0.3) is 0 Å². The van der Waals surface area contributed by atoms with Crippen molar-refractivity contribution in [3.05, 3.63) is 30.3 Å². The first-order valence-electron chi connectivity index (χ1n) is 3.33. The van der Waals surface area contributed by atoms with E-state index in [0.717, 1.165) is 17.2 Å². The predicted molar refractivity (Wildman–Crippen MR) is 58.6 cm³/mol. The van der Waals surface area contributed by atoms with E-state index in [1.807, 2.05) is 30.3 Å². The summed E-state index contributed by atoms with van der Waals surface area (Å²) in [4.78, 5) is 0. The first-order chi connectivity index (χ1) is 5.31. The van der Waals surface area contributed by atoms with Crippen LogP contribution in [0.1, 0.15) is 0 Å². The van der Waals surface area contributed by atoms with Crippen LogP contribution in [0.3, 0.4) is 0 Å². The molecule has 0 fully saturated rings. The van der Waals surface area contributed by atoms with Crippen molar-refractivity contribution in [3.63, 3.8) is 0 Å². The Morgan fingerprint density at radius 1 is 1.00 bits per heavy atom. The van der Waals surface area contributed by atoms with Gasteiger partial charge < -0.3 is 5.73 Å². The number of anilines is 1. The van der Waals surface area contributed by atoms with Gasteiger partial charge in [-0.05, 0) is 23.6 Å². The van der Waals surface area contributed by atoms with Gasteiger partial charge >= 0.3 is 0 Å². The summed E-state index contributed by atoms with van der Waals surface area (Å²) in [7, 11) is 0. The first kappa shape index (κ1) is 10.7. The van der Waals surface area contributed by atoms with E-state index in [9.17, 15) is 0 Å². The van der Waals surface area contributed by atoms with Gasteiger partial charge in [0, 0.05) is 5.69 Å². The van der Waals surface area contributed by atoms with Gasteiger partial charge in [0.05, 0.1) is 0 Å². The van der Waals surface area contributed by atoms with Crippen molar-refractivity contribution in [3.8, 4) is 0 Å². The lowest BCUT2D eigenvalue weighted by Crippen LogP contribution is -1.79. The lowest BCUT2D eigenvalue weighted by Gasteiger charge is -1.83. The van der Waals surface area contributed by atoms with Gasteiger partial charge in [0.1, 0.15) is 0 Å². The third-order valence-electron chi connectivity index (χ3n) is 0.900. The molecule has 0 aliphatic rings. The van der Waals surface area contributed by atoms with Gasteiger partial charge in [-0.3, -0.25) is 0 Å². The molecule has 0 aliphatic carbocycles. The van der Waals surface area contributed by atoms with Crippen LogP contribution in [-0.4, -0.2) is 11.5 Å². The molecule has 1 nitrogen and oxygen atoms in total. The van der Waals surface area contributed by atoms with Crippen molar-refractivity contribution in [2.75, 3.05) is 17.2 Å². The molecule has 2 N–H and O–H groups in total. The van der Waals surface area contributed by atoms with Crippen LogP contribution >= 0.6 is 25.3 Å². The molecule has 0 saturated carbocycles. The minimum Gasteiger partial charge on any atom is -0.399 e. The Morgan fingerprint density at radius 2 is 1.45 bits per heavy atom. The summed E-state index contributed by atoms with van der Waals surface area (Å²) in [5.74, 6) is 1.76. The molecule has 0 bridgehead atoms. The lowest BCUT2D eigenvalue weighted by atomic mass is 10.3. The van der Waals surface area contributed by atoms with Crippen molar-refractivity contribution in [1.82, 2.24) is 0 Å². The smallest absolute Gasteiger partial charge is 0.0313 e. The molecule has 1 aromatic rings. The Kier molecular flexibility index (Phi) is 7.62. The Bertz CT molecular complexity index is 163. The maximum Gasteiger partial charge on any atom is 0.0313 e. The molecule has 1 aromatic carbocycles. The van der Waals surface area contributed by atoms with Gasteiger partial charge in [0.15, 0.2) is 0 Å². The molecular weight excluding hydrogens is 174 g/mol. The zero-order chi connectivity index (χ0) is 8.53. The largest absolute Gasteiger partial charge is 0.399 e. The number of rotatable bonds is 1. The van der Waals surface area contributed by atoms with E-state index in [-0.39, 0.29) is 0 Å². The fourth-order valence-corrected chi connectivity index (χ4v) is 0.453. The van der Waals surface area contributed by atoms with Crippen molar-refractivity contribution in [2.45, 2.75) is 0 Å². The van der Waals surface area contributed by atoms with Crippen LogP contribution < -0.4 is 5.73 Å². The van der Waals surface area contributed by atoms with Gasteiger partial charge in [0.2, 0.25) is 0 Å². The number of benzene rings is 1. The molecule has 0 radical (unpaired) electrons. The van der Waals surface area contributed by atoms with Gasteiger partial charge in [-0.25, -0.2) is 0 Å². The molecule has 0 amide bonds. The van der Waals surface area contributed by atoms with Gasteiger partial charge in [0.25, 0.3) is 0 Å². The quantitative estimate of drug-likeness (QED) is 0.456. The zero-order valence-corrected chi connectivity index (χ0v) is 8.06. The highest BCUT2D eigenvalue weighted by molar-refractivity contribution is 7.84. The number of nitrogen functional groups attached to an aromatic ring is 1. The summed E-state index contributed by atoms with van der Waals surface area (Å²) in [5.41, 5.74) is 6.18. The van der Waals surface area contributed by atoms with Crippen molar-refractivity contribution in [2.24, 2.45) is 0 Å². The SMILES string of the molecule is Nc1ccccc1.SCCS. The molecular formula is C8H13NS2. The Labute approximate surface area is 78.8 Å². The fraction of sp³-hybridized carbons (Fsp3) is 0.250. The molecule has 1 rings (SSSR count). The van der Waals surface area contributed by atoms with E-state index in [1.54, 1.807) is 0 Å². The molecule has 0 saturated heterocycles. The second-order valence-electron chi connectivity index (χ2n) is 1.86. The highest BCUT2D eigenvalue weighted by atomic mass is 32.1. The van der Waals surface area contributed by atoms with Crippen LogP contribution in [0.15, 0.2) is 30.3 Å². The van der Waals surface area contributed by atoms with E-state index in [2.05, 4.69) is 25.3 Å². The van der Waals surface area contributed by atoms with Crippen LogP contribution in [0.5, 0.6) is 0 Å². The maximum atomic E-state index is 5.36. The molecule has 0 aromatic heterocycles. The van der Waals surface area contributed by atoms with E-state index >= 15 is 0 Å². The van der Waals surface area contributed by atoms with Crippen LogP contribution in [0.4, 0.5) is 5.69 Å². The number of para-hydroxylation sites is 1. The minimum atomic E-state index is 0.822. The second kappa shape index (κ2) is 7.82. The highest BCUT2D eigenvalue weighted by Crippen LogP contribution is 1.95. The number of nitrogens with two attached hydrogens (primary N) is 1. The summed E-state index contributed by atoms with van der Waals surface area (Å²) in [6, 6.07) is 9.49. The summed E-state index contributed by atoms with van der Waals surface area (Å²) < 4.78 is 0. The third-order valence-corrected chi connectivity index (χ3v) is 1.70. The summed E-state index contributed by atoms with van der Waals surface area (Å²) in [5, 5.41) is 0. The Balaban J connectivity index is 0.000000218. The number of hydrogen-bond acceptors (Lipinski definition) is 3. The Hall–Kier alpha value is -0.280. The van der Waals surface area contributed by atoms with E-state index in [1.165, 1.54) is 0 Å². The average molecular weight is 187 g/mol. The number of hydrogen-bond donors (Lipinski definition) is 3. The molecule has 3 heteroatoms. The molecule has 0 spiro atoms. The van der Waals surface area contributed by atoms with Crippen molar-refractivity contribution >= 4 is 30.9 Å². The van der Waals surface area contributed by atoms with Gasteiger partial charge in [-0.15, -0.1) is 0 Å². The number of thiol groups is 2. The second-order valence-corrected chi connectivity index (χ2v) is 2.75. The van der Waals surface area contributed by atoms with Gasteiger partial charge in [-0.1, -0.05) is 18.2 Å². The monoisotopic (exact) mass is 187 g/mol. The van der Waals surface area contributed by atoms with Gasteiger partial charge in [-0.2, -0.15) is 25.3 Å². The normalized spacial score (nSPS) is 8.18. The minimum absolute atomic E-state index is 0.822. The third kappa shape index (κ3) is 7.62.